The molecule has 2 rings (SSSR count). The third-order valence-corrected chi connectivity index (χ3v) is 4.43. The van der Waals surface area contributed by atoms with Crippen LogP contribution in [-0.4, -0.2) is 55.7 Å². The van der Waals surface area contributed by atoms with Gasteiger partial charge in [0.2, 0.25) is 0 Å². The quantitative estimate of drug-likeness (QED) is 0.712. The van der Waals surface area contributed by atoms with Gasteiger partial charge in [-0.3, -0.25) is 9.59 Å². The zero-order valence-corrected chi connectivity index (χ0v) is 16.4. The van der Waals surface area contributed by atoms with Crippen LogP contribution in [0.25, 0.3) is 0 Å². The first-order chi connectivity index (χ1) is 12.9. The van der Waals surface area contributed by atoms with Crippen LogP contribution in [-0.2, 0) is 14.3 Å². The van der Waals surface area contributed by atoms with Gasteiger partial charge < -0.3 is 24.2 Å². The van der Waals surface area contributed by atoms with Gasteiger partial charge in [0, 0.05) is 19.6 Å². The number of aliphatic hydroxyl groups excluding tert-OH is 1. The molecule has 1 heterocycles. The van der Waals surface area contributed by atoms with E-state index >= 15 is 0 Å². The average Bonchev–Trinajstić information content (AvgIpc) is 2.90. The van der Waals surface area contributed by atoms with Gasteiger partial charge in [-0.05, 0) is 24.6 Å². The normalized spacial score (nSPS) is 17.0. The van der Waals surface area contributed by atoms with Gasteiger partial charge >= 0.3 is 0 Å². The minimum atomic E-state index is -0.702. The van der Waals surface area contributed by atoms with Crippen molar-refractivity contribution in [1.82, 2.24) is 4.90 Å². The van der Waals surface area contributed by atoms with Gasteiger partial charge in [0.15, 0.2) is 23.0 Å². The lowest BCUT2D eigenvalue weighted by Gasteiger charge is -2.27. The molecule has 0 radical (unpaired) electrons. The number of carbonyl (C=O) groups is 2. The SMILES string of the molecule is CCOc1ccc(C2C(C(=O)C(C)C)=C(O)C(=O)N2CCOC)cc1OC. The van der Waals surface area contributed by atoms with E-state index in [9.17, 15) is 14.7 Å². The summed E-state index contributed by atoms with van der Waals surface area (Å²) in [5.41, 5.74) is 0.769. The average molecular weight is 377 g/mol. The summed E-state index contributed by atoms with van der Waals surface area (Å²) < 4.78 is 16.0. The third kappa shape index (κ3) is 4.08. The monoisotopic (exact) mass is 377 g/mol. The van der Waals surface area contributed by atoms with Crippen LogP contribution >= 0.6 is 0 Å². The van der Waals surface area contributed by atoms with E-state index in [1.165, 1.54) is 19.1 Å². The lowest BCUT2D eigenvalue weighted by Crippen LogP contribution is -2.34. The fourth-order valence-electron chi connectivity index (χ4n) is 3.11. The molecule has 148 valence electrons. The van der Waals surface area contributed by atoms with Gasteiger partial charge in [-0.25, -0.2) is 0 Å². The number of nitrogens with zero attached hydrogens (tertiary/aromatic N) is 1. The largest absolute Gasteiger partial charge is 0.503 e. The van der Waals surface area contributed by atoms with Crippen molar-refractivity contribution in [3.8, 4) is 11.5 Å². The van der Waals surface area contributed by atoms with E-state index in [2.05, 4.69) is 0 Å². The number of hydrogen-bond acceptors (Lipinski definition) is 6. The first-order valence-corrected chi connectivity index (χ1v) is 8.95. The van der Waals surface area contributed by atoms with Crippen molar-refractivity contribution in [3.05, 3.63) is 35.1 Å². The summed E-state index contributed by atoms with van der Waals surface area (Å²) in [6, 6.07) is 4.54. The Morgan fingerprint density at radius 1 is 1.26 bits per heavy atom. The van der Waals surface area contributed by atoms with Crippen molar-refractivity contribution in [2.24, 2.45) is 5.92 Å². The molecule has 0 bridgehead atoms. The van der Waals surface area contributed by atoms with E-state index in [0.29, 0.717) is 23.7 Å². The van der Waals surface area contributed by atoms with E-state index in [-0.39, 0.29) is 30.4 Å². The van der Waals surface area contributed by atoms with Crippen LogP contribution in [0.3, 0.4) is 0 Å². The standard InChI is InChI=1S/C20H27NO6/c1-6-27-14-8-7-13(11-15(14)26-5)17-16(18(22)12(2)3)19(23)20(24)21(17)9-10-25-4/h7-8,11-12,17,23H,6,9-10H2,1-5H3. The van der Waals surface area contributed by atoms with Crippen molar-refractivity contribution in [2.45, 2.75) is 26.8 Å². The van der Waals surface area contributed by atoms with Gasteiger partial charge in [0.1, 0.15) is 0 Å². The predicted octanol–water partition coefficient (Wildman–Crippen LogP) is 2.66. The minimum absolute atomic E-state index is 0.109. The third-order valence-electron chi connectivity index (χ3n) is 4.43. The van der Waals surface area contributed by atoms with Crippen molar-refractivity contribution in [1.29, 1.82) is 0 Å². The highest BCUT2D eigenvalue weighted by molar-refractivity contribution is 6.09. The number of rotatable bonds is 9. The molecule has 1 aliphatic rings. The number of carbonyl (C=O) groups excluding carboxylic acids is 2. The molecule has 0 aromatic heterocycles. The van der Waals surface area contributed by atoms with Crippen LogP contribution in [0.5, 0.6) is 11.5 Å². The van der Waals surface area contributed by atoms with Crippen LogP contribution < -0.4 is 9.47 Å². The Bertz CT molecular complexity index is 740. The topological polar surface area (TPSA) is 85.3 Å². The van der Waals surface area contributed by atoms with Crippen LogP contribution in [0, 0.1) is 5.92 Å². The second-order valence-corrected chi connectivity index (χ2v) is 6.52. The zero-order chi connectivity index (χ0) is 20.1. The van der Waals surface area contributed by atoms with Crippen LogP contribution in [0.15, 0.2) is 29.5 Å². The Hall–Kier alpha value is -2.54. The summed E-state index contributed by atoms with van der Waals surface area (Å²) in [6.07, 6.45) is 0. The molecule has 7 heteroatoms. The molecular formula is C20H27NO6. The Labute approximate surface area is 159 Å². The number of hydrogen-bond donors (Lipinski definition) is 1. The summed E-state index contributed by atoms with van der Waals surface area (Å²) in [7, 11) is 3.06. The van der Waals surface area contributed by atoms with Crippen molar-refractivity contribution in [2.75, 3.05) is 34.0 Å². The first kappa shape index (κ1) is 20.8. The number of Topliss-reactive ketones (excluding diaryl/α,β-unsaturated/α-hetero) is 1. The Morgan fingerprint density at radius 2 is 1.96 bits per heavy atom. The molecule has 0 spiro atoms. The molecule has 1 aliphatic heterocycles. The summed E-state index contributed by atoms with van der Waals surface area (Å²) in [5, 5.41) is 10.4. The van der Waals surface area contributed by atoms with Crippen molar-refractivity contribution < 1.29 is 28.9 Å². The molecule has 0 aliphatic carbocycles. The van der Waals surface area contributed by atoms with Crippen molar-refractivity contribution in [3.63, 3.8) is 0 Å². The number of amides is 1. The van der Waals surface area contributed by atoms with Gasteiger partial charge in [0.05, 0.1) is 31.9 Å². The summed E-state index contributed by atoms with van der Waals surface area (Å²) in [5.74, 6) is -0.628. The molecule has 27 heavy (non-hydrogen) atoms. The maximum Gasteiger partial charge on any atom is 0.290 e. The molecule has 0 saturated heterocycles. The molecule has 1 atom stereocenters. The molecule has 1 aromatic carbocycles. The summed E-state index contributed by atoms with van der Waals surface area (Å²) in [4.78, 5) is 26.8. The fraction of sp³-hybridized carbons (Fsp3) is 0.500. The van der Waals surface area contributed by atoms with E-state index < -0.39 is 17.7 Å². The summed E-state index contributed by atoms with van der Waals surface area (Å²) >= 11 is 0. The fourth-order valence-corrected chi connectivity index (χ4v) is 3.11. The molecule has 7 nitrogen and oxygen atoms in total. The van der Waals surface area contributed by atoms with Gasteiger partial charge in [0.25, 0.3) is 5.91 Å². The van der Waals surface area contributed by atoms with Crippen LogP contribution in [0.1, 0.15) is 32.4 Å². The zero-order valence-electron chi connectivity index (χ0n) is 16.4. The van der Waals surface area contributed by atoms with Gasteiger partial charge in [-0.15, -0.1) is 0 Å². The molecule has 0 fully saturated rings. The lowest BCUT2D eigenvalue weighted by molar-refractivity contribution is -0.130. The molecule has 1 unspecified atom stereocenters. The van der Waals surface area contributed by atoms with E-state index in [1.54, 1.807) is 32.0 Å². The van der Waals surface area contributed by atoms with Crippen molar-refractivity contribution >= 4 is 11.7 Å². The number of ketones is 1. The Morgan fingerprint density at radius 3 is 2.52 bits per heavy atom. The molecule has 1 amide bonds. The summed E-state index contributed by atoms with van der Waals surface area (Å²) in [6.45, 7) is 6.35. The van der Waals surface area contributed by atoms with E-state index in [0.717, 1.165) is 0 Å². The predicted molar refractivity (Wildman–Crippen MR) is 100.0 cm³/mol. The van der Waals surface area contributed by atoms with Crippen LogP contribution in [0.4, 0.5) is 0 Å². The van der Waals surface area contributed by atoms with E-state index in [4.69, 9.17) is 14.2 Å². The highest BCUT2D eigenvalue weighted by atomic mass is 16.5. The maximum atomic E-state index is 12.7. The van der Waals surface area contributed by atoms with E-state index in [1.807, 2.05) is 6.92 Å². The molecule has 0 saturated carbocycles. The van der Waals surface area contributed by atoms with Crippen LogP contribution in [0.2, 0.25) is 0 Å². The maximum absolute atomic E-state index is 12.7. The number of aliphatic hydroxyl groups is 1. The second-order valence-electron chi connectivity index (χ2n) is 6.52. The Kier molecular flexibility index (Phi) is 6.85. The second kappa shape index (κ2) is 8.90. The number of benzene rings is 1. The molecular weight excluding hydrogens is 350 g/mol. The van der Waals surface area contributed by atoms with Gasteiger partial charge in [-0.2, -0.15) is 0 Å². The highest BCUT2D eigenvalue weighted by Gasteiger charge is 2.43. The Balaban J connectivity index is 2.55. The molecule has 1 N–H and O–H groups in total. The van der Waals surface area contributed by atoms with Gasteiger partial charge in [-0.1, -0.05) is 19.9 Å². The minimum Gasteiger partial charge on any atom is -0.503 e. The first-order valence-electron chi connectivity index (χ1n) is 8.95. The lowest BCUT2D eigenvalue weighted by atomic mass is 9.91. The highest BCUT2D eigenvalue weighted by Crippen LogP contribution is 2.41. The molecule has 1 aromatic rings. The number of ether oxygens (including phenoxy) is 3. The smallest absolute Gasteiger partial charge is 0.290 e. The number of methoxy groups -OCH3 is 2.